The van der Waals surface area contributed by atoms with E-state index < -0.39 is 12.6 Å². The van der Waals surface area contributed by atoms with Gasteiger partial charge in [-0.15, -0.1) is 0 Å². The molecule has 33 heavy (non-hydrogen) atoms. The van der Waals surface area contributed by atoms with Gasteiger partial charge < -0.3 is 5.32 Å². The molecule has 0 spiro atoms. The van der Waals surface area contributed by atoms with Gasteiger partial charge in [0.15, 0.2) is 11.4 Å². The van der Waals surface area contributed by atoms with Gasteiger partial charge in [-0.3, -0.25) is 9.20 Å². The molecular formula is C26H28F3N3O. The number of nitrogens with zero attached hydrogens (tertiary/aromatic N) is 2. The van der Waals surface area contributed by atoms with Gasteiger partial charge in [0.1, 0.15) is 0 Å². The highest BCUT2D eigenvalue weighted by Gasteiger charge is 2.34. The highest BCUT2D eigenvalue weighted by molar-refractivity contribution is 5.98. The first-order valence-electron chi connectivity index (χ1n) is 11.2. The summed E-state index contributed by atoms with van der Waals surface area (Å²) in [6.45, 7) is 5.77. The van der Waals surface area contributed by atoms with Crippen molar-refractivity contribution in [1.82, 2.24) is 9.38 Å². The molecule has 4 rings (SSSR count). The van der Waals surface area contributed by atoms with E-state index in [2.05, 4.69) is 17.2 Å². The zero-order valence-electron chi connectivity index (χ0n) is 19.0. The molecule has 1 fully saturated rings. The molecule has 1 aliphatic rings. The van der Waals surface area contributed by atoms with Crippen molar-refractivity contribution in [3.63, 3.8) is 0 Å². The topological polar surface area (TPSA) is 46.4 Å². The second-order valence-electron chi connectivity index (χ2n) is 8.95. The number of pyridine rings is 1. The standard InChI is InChI=1S/C26H28F3N3O/c1-4-5-18-12-22(30-9-8-26(27,28)29)25-31-14-23(32(25)15-18)19-6-7-21(17(3)11-19)24(33)13-20-10-16(20)2/h4-7,11-12,14-16,20,30H,8-10,13H2,1-3H3/b5-4+/t16-,20?/m0/s1. The van der Waals surface area contributed by atoms with Crippen molar-refractivity contribution in [3.05, 3.63) is 59.4 Å². The van der Waals surface area contributed by atoms with Gasteiger partial charge in [-0.25, -0.2) is 4.98 Å². The second kappa shape index (κ2) is 9.04. The number of benzene rings is 1. The van der Waals surface area contributed by atoms with E-state index in [-0.39, 0.29) is 12.3 Å². The van der Waals surface area contributed by atoms with E-state index in [1.54, 1.807) is 12.3 Å². The summed E-state index contributed by atoms with van der Waals surface area (Å²) in [5.41, 5.74) is 5.32. The van der Waals surface area contributed by atoms with E-state index in [9.17, 15) is 18.0 Å². The summed E-state index contributed by atoms with van der Waals surface area (Å²) >= 11 is 0. The van der Waals surface area contributed by atoms with Crippen molar-refractivity contribution in [3.8, 4) is 11.3 Å². The van der Waals surface area contributed by atoms with E-state index in [0.29, 0.717) is 29.6 Å². The summed E-state index contributed by atoms with van der Waals surface area (Å²) in [7, 11) is 0. The number of alkyl halides is 3. The minimum Gasteiger partial charge on any atom is -0.382 e. The van der Waals surface area contributed by atoms with Gasteiger partial charge in [0, 0.05) is 30.3 Å². The van der Waals surface area contributed by atoms with Crippen LogP contribution < -0.4 is 5.32 Å². The van der Waals surface area contributed by atoms with Crippen LogP contribution >= 0.6 is 0 Å². The van der Waals surface area contributed by atoms with Crippen LogP contribution in [0.5, 0.6) is 0 Å². The van der Waals surface area contributed by atoms with Crippen LogP contribution in [-0.4, -0.2) is 27.9 Å². The number of nitrogens with one attached hydrogen (secondary N) is 1. The molecule has 0 saturated heterocycles. The van der Waals surface area contributed by atoms with E-state index in [4.69, 9.17) is 0 Å². The van der Waals surface area contributed by atoms with Gasteiger partial charge in [0.2, 0.25) is 0 Å². The number of carbonyl (C=O) groups is 1. The number of fused-ring (bicyclic) bond motifs is 1. The Labute approximate surface area is 191 Å². The van der Waals surface area contributed by atoms with E-state index in [0.717, 1.165) is 34.4 Å². The highest BCUT2D eigenvalue weighted by Crippen LogP contribution is 2.41. The molecule has 0 amide bonds. The van der Waals surface area contributed by atoms with Gasteiger partial charge >= 0.3 is 6.18 Å². The molecular weight excluding hydrogens is 427 g/mol. The van der Waals surface area contributed by atoms with E-state index >= 15 is 0 Å². The number of hydrogen-bond acceptors (Lipinski definition) is 3. The molecule has 7 heteroatoms. The normalized spacial score (nSPS) is 18.2. The smallest absolute Gasteiger partial charge is 0.382 e. The Morgan fingerprint density at radius 1 is 1.30 bits per heavy atom. The number of allylic oxidation sites excluding steroid dienone is 1. The number of ketones is 1. The molecule has 0 aliphatic heterocycles. The predicted octanol–water partition coefficient (Wildman–Crippen LogP) is 6.94. The van der Waals surface area contributed by atoms with Crippen LogP contribution in [0.4, 0.5) is 18.9 Å². The lowest BCUT2D eigenvalue weighted by atomic mass is 9.97. The Bertz CT molecular complexity index is 1210. The molecule has 1 aliphatic carbocycles. The summed E-state index contributed by atoms with van der Waals surface area (Å²) in [6.07, 6.45) is 3.97. The number of anilines is 1. The van der Waals surface area contributed by atoms with Gasteiger partial charge in [-0.2, -0.15) is 13.2 Å². The number of hydrogen-bond donors (Lipinski definition) is 1. The predicted molar refractivity (Wildman–Crippen MR) is 125 cm³/mol. The van der Waals surface area contributed by atoms with Crippen LogP contribution in [0.15, 0.2) is 42.7 Å². The lowest BCUT2D eigenvalue weighted by Crippen LogP contribution is -2.15. The fourth-order valence-corrected chi connectivity index (χ4v) is 4.24. The van der Waals surface area contributed by atoms with E-state index in [1.807, 2.05) is 54.8 Å². The summed E-state index contributed by atoms with van der Waals surface area (Å²) in [5, 5.41) is 2.89. The van der Waals surface area contributed by atoms with Crippen molar-refractivity contribution in [1.29, 1.82) is 0 Å². The fourth-order valence-electron chi connectivity index (χ4n) is 4.24. The summed E-state index contributed by atoms with van der Waals surface area (Å²) in [6, 6.07) is 7.57. The Morgan fingerprint density at radius 3 is 2.70 bits per heavy atom. The third-order valence-corrected chi connectivity index (χ3v) is 6.26. The maximum atomic E-state index is 12.7. The molecule has 2 aromatic heterocycles. The van der Waals surface area contributed by atoms with Crippen LogP contribution in [0.25, 0.3) is 23.0 Å². The maximum absolute atomic E-state index is 12.7. The van der Waals surface area contributed by atoms with Gasteiger partial charge in [0.25, 0.3) is 0 Å². The van der Waals surface area contributed by atoms with Crippen LogP contribution in [0.2, 0.25) is 0 Å². The average molecular weight is 456 g/mol. The molecule has 2 heterocycles. The van der Waals surface area contributed by atoms with Crippen molar-refractivity contribution in [2.24, 2.45) is 11.8 Å². The molecule has 1 aromatic carbocycles. The van der Waals surface area contributed by atoms with Crippen molar-refractivity contribution >= 4 is 23.2 Å². The third kappa shape index (κ3) is 5.29. The van der Waals surface area contributed by atoms with E-state index in [1.165, 1.54) is 0 Å². The number of Topliss-reactive ketones (excluding diaryl/α,β-unsaturated/α-hetero) is 1. The van der Waals surface area contributed by atoms with Crippen LogP contribution in [-0.2, 0) is 0 Å². The Morgan fingerprint density at radius 2 is 2.06 bits per heavy atom. The molecule has 1 N–H and O–H groups in total. The largest absolute Gasteiger partial charge is 0.390 e. The quantitative estimate of drug-likeness (QED) is 0.375. The number of carbonyl (C=O) groups excluding carboxylic acids is 1. The molecule has 0 bridgehead atoms. The van der Waals surface area contributed by atoms with Crippen molar-refractivity contribution < 1.29 is 18.0 Å². The zero-order valence-corrected chi connectivity index (χ0v) is 19.0. The van der Waals surface area contributed by atoms with Gasteiger partial charge in [-0.05, 0) is 55.4 Å². The maximum Gasteiger partial charge on any atom is 0.390 e. The van der Waals surface area contributed by atoms with Crippen LogP contribution in [0.1, 0.15) is 54.6 Å². The summed E-state index contributed by atoms with van der Waals surface area (Å²) < 4.78 is 39.7. The van der Waals surface area contributed by atoms with Crippen molar-refractivity contribution in [2.75, 3.05) is 11.9 Å². The Balaban J connectivity index is 1.66. The van der Waals surface area contributed by atoms with Crippen molar-refractivity contribution in [2.45, 2.75) is 46.2 Å². The minimum atomic E-state index is -4.22. The lowest BCUT2D eigenvalue weighted by molar-refractivity contribution is -0.131. The second-order valence-corrected chi connectivity index (χ2v) is 8.95. The first kappa shape index (κ1) is 23.1. The van der Waals surface area contributed by atoms with Crippen LogP contribution in [0, 0.1) is 18.8 Å². The van der Waals surface area contributed by atoms with Gasteiger partial charge in [0.05, 0.1) is 24.0 Å². The first-order chi connectivity index (χ1) is 15.7. The molecule has 0 radical (unpaired) electrons. The number of aryl methyl sites for hydroxylation is 1. The molecule has 3 aromatic rings. The number of rotatable bonds is 8. The zero-order chi connectivity index (χ0) is 23.8. The SMILES string of the molecule is C/C=C/c1cc(NCCC(F)(F)F)c2ncc(-c3ccc(C(=O)CC4C[C@@H]4C)c(C)c3)n2c1. The molecule has 1 unspecified atom stereocenters. The molecule has 174 valence electrons. The summed E-state index contributed by atoms with van der Waals surface area (Å²) in [4.78, 5) is 17.2. The van der Waals surface area contributed by atoms with Crippen LogP contribution in [0.3, 0.4) is 0 Å². The first-order valence-corrected chi connectivity index (χ1v) is 11.2. The number of imidazole rings is 1. The number of aromatic nitrogens is 2. The molecule has 1 saturated carbocycles. The fraction of sp³-hybridized carbons (Fsp3) is 0.385. The molecule has 4 nitrogen and oxygen atoms in total. The number of halogens is 3. The minimum absolute atomic E-state index is 0.179. The monoisotopic (exact) mass is 455 g/mol. The average Bonchev–Trinajstić information content (AvgIpc) is 3.25. The molecule has 2 atom stereocenters. The Hall–Kier alpha value is -3.09. The third-order valence-electron chi connectivity index (χ3n) is 6.26. The van der Waals surface area contributed by atoms with Gasteiger partial charge in [-0.1, -0.05) is 31.2 Å². The highest BCUT2D eigenvalue weighted by atomic mass is 19.4. The summed E-state index contributed by atoms with van der Waals surface area (Å²) in [5.74, 6) is 1.32. The Kier molecular flexibility index (Phi) is 6.32. The lowest BCUT2D eigenvalue weighted by Gasteiger charge is -2.12.